The summed E-state index contributed by atoms with van der Waals surface area (Å²) in [6.45, 7) is 6.20. The summed E-state index contributed by atoms with van der Waals surface area (Å²) in [5.74, 6) is 0. The van der Waals surface area contributed by atoms with Gasteiger partial charge in [0.25, 0.3) is 0 Å². The van der Waals surface area contributed by atoms with Crippen molar-refractivity contribution in [3.05, 3.63) is 242 Å². The van der Waals surface area contributed by atoms with Gasteiger partial charge >= 0.3 is 0 Å². The van der Waals surface area contributed by atoms with E-state index in [9.17, 15) is 0 Å². The van der Waals surface area contributed by atoms with Gasteiger partial charge in [0.15, 0.2) is 0 Å². The van der Waals surface area contributed by atoms with Crippen LogP contribution in [0.4, 0.5) is 0 Å². The number of rotatable bonds is 10. The van der Waals surface area contributed by atoms with Gasteiger partial charge in [-0.3, -0.25) is 19.9 Å². The van der Waals surface area contributed by atoms with Gasteiger partial charge in [-0.05, 0) is 144 Å². The van der Waals surface area contributed by atoms with Crippen LogP contribution in [-0.2, 0) is 0 Å². The van der Waals surface area contributed by atoms with Crippen LogP contribution in [0.5, 0.6) is 0 Å². The SMILES string of the molecule is C=C/C=C(\C(=C/C)c1ccccn1)c1ccc2c(c1)c1cc(-c3ccccc3-c3ccccn3)ccc1n2-c1cccc(-n2c3ccc(-c4ccccc4C4=CCCC=N4)cc3c3ncccc32)c1. The molecule has 69 heavy (non-hydrogen) atoms. The standard InChI is InChI=1S/C63H46N6/c1-3-17-48(47(4-2)56-24-9-12-34-64-56)42-28-31-59-53(38-42)54-39-43(49-20-5-7-22-51(49)57-25-10-13-35-65-57)29-32-60(54)68(59)45-18-15-19-46(41-45)69-61-33-30-44(40-55(61)63-62(69)27-16-37-67-63)50-21-6-8-23-52(50)58-26-11-14-36-66-58/h3-10,12-13,15-41H,1,11,14H2,2H3/b47-4+,48-17-. The monoisotopic (exact) mass is 886 g/mol. The molecule has 5 aromatic heterocycles. The van der Waals surface area contributed by atoms with E-state index >= 15 is 0 Å². The molecule has 1 aliphatic rings. The van der Waals surface area contributed by atoms with Gasteiger partial charge in [0.2, 0.25) is 0 Å². The van der Waals surface area contributed by atoms with E-state index in [4.69, 9.17) is 19.9 Å². The fraction of sp³-hybridized carbons (Fsp3) is 0.0476. The molecule has 328 valence electrons. The zero-order valence-corrected chi connectivity index (χ0v) is 38.2. The average molecular weight is 887 g/mol. The normalized spacial score (nSPS) is 13.1. The molecular weight excluding hydrogens is 841 g/mol. The first-order valence-corrected chi connectivity index (χ1v) is 23.5. The van der Waals surface area contributed by atoms with Gasteiger partial charge in [-0.1, -0.05) is 116 Å². The second-order valence-corrected chi connectivity index (χ2v) is 17.3. The molecule has 0 spiro atoms. The van der Waals surface area contributed by atoms with Gasteiger partial charge in [-0.2, -0.15) is 0 Å². The van der Waals surface area contributed by atoms with Crippen molar-refractivity contribution < 1.29 is 0 Å². The van der Waals surface area contributed by atoms with Gasteiger partial charge in [0.05, 0.1) is 44.7 Å². The molecule has 6 heteroatoms. The fourth-order valence-corrected chi connectivity index (χ4v) is 10.2. The second kappa shape index (κ2) is 17.7. The predicted octanol–water partition coefficient (Wildman–Crippen LogP) is 15.9. The zero-order chi connectivity index (χ0) is 46.3. The van der Waals surface area contributed by atoms with Gasteiger partial charge in [0.1, 0.15) is 0 Å². The lowest BCUT2D eigenvalue weighted by Gasteiger charge is -2.14. The third-order valence-corrected chi connectivity index (χ3v) is 13.3. The van der Waals surface area contributed by atoms with E-state index in [1.165, 1.54) is 0 Å². The molecule has 1 aliphatic heterocycles. The summed E-state index contributed by atoms with van der Waals surface area (Å²) in [4.78, 5) is 19.3. The van der Waals surface area contributed by atoms with Crippen LogP contribution < -0.4 is 0 Å². The van der Waals surface area contributed by atoms with Crippen molar-refractivity contribution in [1.82, 2.24) is 24.1 Å². The Morgan fingerprint density at radius 1 is 0.507 bits per heavy atom. The van der Waals surface area contributed by atoms with Crippen LogP contribution in [-0.4, -0.2) is 30.3 Å². The Balaban J connectivity index is 1.05. The number of hydrogen-bond acceptors (Lipinski definition) is 4. The van der Waals surface area contributed by atoms with E-state index in [1.807, 2.05) is 61.2 Å². The Morgan fingerprint density at radius 2 is 1.14 bits per heavy atom. The van der Waals surface area contributed by atoms with Crippen molar-refractivity contribution in [2.24, 2.45) is 4.99 Å². The van der Waals surface area contributed by atoms with Crippen molar-refractivity contribution in [2.45, 2.75) is 19.8 Å². The molecule has 0 atom stereocenters. The van der Waals surface area contributed by atoms with Gasteiger partial charge in [0, 0.05) is 69.0 Å². The molecule has 0 amide bonds. The molecule has 0 saturated carbocycles. The van der Waals surface area contributed by atoms with Crippen molar-refractivity contribution in [1.29, 1.82) is 0 Å². The fourth-order valence-electron chi connectivity index (χ4n) is 10.2. The van der Waals surface area contributed by atoms with Crippen LogP contribution in [0.15, 0.2) is 230 Å². The summed E-state index contributed by atoms with van der Waals surface area (Å²) in [5, 5.41) is 3.38. The highest BCUT2D eigenvalue weighted by atomic mass is 15.0. The van der Waals surface area contributed by atoms with Crippen LogP contribution in [0.25, 0.3) is 105 Å². The maximum Gasteiger partial charge on any atom is 0.0963 e. The minimum atomic E-state index is 0.911. The van der Waals surface area contributed by atoms with Crippen molar-refractivity contribution >= 4 is 66.8 Å². The third kappa shape index (κ3) is 7.30. The number of aromatic nitrogens is 5. The largest absolute Gasteiger partial charge is 0.309 e. The lowest BCUT2D eigenvalue weighted by atomic mass is 9.92. The summed E-state index contributed by atoms with van der Waals surface area (Å²) in [7, 11) is 0. The molecule has 0 radical (unpaired) electrons. The van der Waals surface area contributed by atoms with E-state index in [2.05, 4.69) is 186 Å². The second-order valence-electron chi connectivity index (χ2n) is 17.3. The van der Waals surface area contributed by atoms with Crippen molar-refractivity contribution in [2.75, 3.05) is 0 Å². The van der Waals surface area contributed by atoms with Gasteiger partial charge in [-0.25, -0.2) is 0 Å². The Labute approximate surface area is 401 Å². The number of hydrogen-bond donors (Lipinski definition) is 0. The molecule has 6 heterocycles. The number of fused-ring (bicyclic) bond motifs is 6. The smallest absolute Gasteiger partial charge is 0.0963 e. The van der Waals surface area contributed by atoms with E-state index < -0.39 is 0 Å². The maximum atomic E-state index is 5.01. The third-order valence-electron chi connectivity index (χ3n) is 13.3. The van der Waals surface area contributed by atoms with Gasteiger partial charge in [-0.15, -0.1) is 0 Å². The first kappa shape index (κ1) is 41.4. The molecule has 0 saturated heterocycles. The molecule has 0 N–H and O–H groups in total. The maximum absolute atomic E-state index is 5.01. The molecule has 12 rings (SSSR count). The number of nitrogens with zero attached hydrogens (tertiary/aromatic N) is 6. The van der Waals surface area contributed by atoms with Crippen LogP contribution in [0, 0.1) is 0 Å². The Kier molecular flexibility index (Phi) is 10.6. The molecule has 0 aliphatic carbocycles. The number of pyridine rings is 3. The average Bonchev–Trinajstić information content (AvgIpc) is 3.93. The number of allylic oxidation sites excluding steroid dienone is 6. The van der Waals surface area contributed by atoms with E-state index in [1.54, 1.807) is 0 Å². The first-order chi connectivity index (χ1) is 34.2. The number of aliphatic imine (C=N–C) groups is 1. The van der Waals surface area contributed by atoms with E-state index in [-0.39, 0.29) is 0 Å². The minimum Gasteiger partial charge on any atom is -0.309 e. The quantitative estimate of drug-likeness (QED) is 0.129. The van der Waals surface area contributed by atoms with Crippen LogP contribution in [0.1, 0.15) is 36.6 Å². The van der Waals surface area contributed by atoms with Crippen molar-refractivity contribution in [3.63, 3.8) is 0 Å². The molecule has 11 aromatic rings. The van der Waals surface area contributed by atoms with E-state index in [0.29, 0.717) is 0 Å². The highest BCUT2D eigenvalue weighted by Gasteiger charge is 2.21. The molecule has 0 fully saturated rings. The zero-order valence-electron chi connectivity index (χ0n) is 38.2. The molecule has 0 bridgehead atoms. The Bertz CT molecular complexity index is 3920. The lowest BCUT2D eigenvalue weighted by molar-refractivity contribution is 1.09. The summed E-state index contributed by atoms with van der Waals surface area (Å²) in [5.41, 5.74) is 20.2. The molecule has 6 aromatic carbocycles. The molecular formula is C63H46N6. The summed E-state index contributed by atoms with van der Waals surface area (Å²) in [6, 6.07) is 62.8. The summed E-state index contributed by atoms with van der Waals surface area (Å²) in [6.07, 6.45) is 17.9. The van der Waals surface area contributed by atoms with E-state index in [0.717, 1.165) is 135 Å². The first-order valence-electron chi connectivity index (χ1n) is 23.5. The highest BCUT2D eigenvalue weighted by Crippen LogP contribution is 2.42. The lowest BCUT2D eigenvalue weighted by Crippen LogP contribution is -1.99. The Hall–Kier alpha value is -9.00. The highest BCUT2D eigenvalue weighted by molar-refractivity contribution is 6.14. The van der Waals surface area contributed by atoms with Crippen LogP contribution in [0.2, 0.25) is 0 Å². The molecule has 6 nitrogen and oxygen atoms in total. The minimum absolute atomic E-state index is 0.911. The summed E-state index contributed by atoms with van der Waals surface area (Å²) >= 11 is 0. The van der Waals surface area contributed by atoms with Crippen molar-refractivity contribution in [3.8, 4) is 44.9 Å². The van der Waals surface area contributed by atoms with Gasteiger partial charge < -0.3 is 9.13 Å². The number of benzene rings is 6. The molecule has 0 unspecified atom stereocenters. The van der Waals surface area contributed by atoms with Crippen LogP contribution >= 0.6 is 0 Å². The topological polar surface area (TPSA) is 60.9 Å². The Morgan fingerprint density at radius 3 is 1.84 bits per heavy atom. The predicted molar refractivity (Wildman–Crippen MR) is 289 cm³/mol. The summed E-state index contributed by atoms with van der Waals surface area (Å²) < 4.78 is 4.76. The van der Waals surface area contributed by atoms with Crippen LogP contribution in [0.3, 0.4) is 0 Å².